The lowest BCUT2D eigenvalue weighted by molar-refractivity contribution is -0.384. The van der Waals surface area contributed by atoms with Gasteiger partial charge < -0.3 is 10.0 Å². The van der Waals surface area contributed by atoms with Gasteiger partial charge in [0.05, 0.1) is 10.5 Å². The van der Waals surface area contributed by atoms with E-state index in [0.717, 1.165) is 10.0 Å². The Morgan fingerprint density at radius 3 is 2.28 bits per heavy atom. The molecule has 9 heteroatoms. The Bertz CT molecular complexity index is 1310. The highest BCUT2D eigenvalue weighted by Gasteiger charge is 2.36. The molecule has 1 aliphatic heterocycles. The van der Waals surface area contributed by atoms with E-state index in [2.05, 4.69) is 27.8 Å². The van der Waals surface area contributed by atoms with Crippen LogP contribution < -0.4 is 5.32 Å². The molecule has 0 saturated carbocycles. The minimum Gasteiger partial charge on any atom is -0.385 e. The van der Waals surface area contributed by atoms with Gasteiger partial charge in [0, 0.05) is 40.8 Å². The van der Waals surface area contributed by atoms with Gasteiger partial charge in [0.1, 0.15) is 0 Å². The van der Waals surface area contributed by atoms with E-state index in [4.69, 9.17) is 0 Å². The molecule has 0 spiro atoms. The van der Waals surface area contributed by atoms with Crippen molar-refractivity contribution >= 4 is 39.6 Å². The van der Waals surface area contributed by atoms with Crippen LogP contribution in [0.5, 0.6) is 0 Å². The van der Waals surface area contributed by atoms with E-state index in [1.807, 2.05) is 24.3 Å². The van der Waals surface area contributed by atoms with Crippen LogP contribution in [-0.2, 0) is 5.60 Å². The first-order valence-electron chi connectivity index (χ1n) is 11.3. The van der Waals surface area contributed by atoms with E-state index in [1.165, 1.54) is 17.0 Å². The summed E-state index contributed by atoms with van der Waals surface area (Å²) in [4.78, 5) is 38.1. The minimum absolute atomic E-state index is 0.0655. The quantitative estimate of drug-likeness (QED) is 0.322. The lowest BCUT2D eigenvalue weighted by Gasteiger charge is -2.38. The normalized spacial score (nSPS) is 14.7. The summed E-state index contributed by atoms with van der Waals surface area (Å²) >= 11 is 3.39. The summed E-state index contributed by atoms with van der Waals surface area (Å²) in [7, 11) is 0. The number of imide groups is 1. The number of nitrogens with one attached hydrogen (secondary N) is 1. The molecule has 184 valence electrons. The van der Waals surface area contributed by atoms with Crippen LogP contribution in [0, 0.1) is 10.1 Å². The second-order valence-corrected chi connectivity index (χ2v) is 9.48. The molecule has 36 heavy (non-hydrogen) atoms. The lowest BCUT2D eigenvalue weighted by atomic mass is 9.84. The summed E-state index contributed by atoms with van der Waals surface area (Å²) in [5.74, 6) is -0.592. The van der Waals surface area contributed by atoms with Crippen LogP contribution in [0.1, 0.15) is 34.3 Å². The van der Waals surface area contributed by atoms with Gasteiger partial charge in [0.25, 0.3) is 11.6 Å². The summed E-state index contributed by atoms with van der Waals surface area (Å²) in [5.41, 5.74) is 1.70. The molecule has 4 rings (SSSR count). The third kappa shape index (κ3) is 5.22. The van der Waals surface area contributed by atoms with Crippen LogP contribution in [0.4, 0.5) is 10.5 Å². The van der Waals surface area contributed by atoms with Crippen LogP contribution in [0.25, 0.3) is 17.2 Å². The first-order chi connectivity index (χ1) is 17.2. The Morgan fingerprint density at radius 2 is 1.69 bits per heavy atom. The fraction of sp³-hybridized carbons (Fsp3) is 0.185. The molecule has 1 saturated heterocycles. The van der Waals surface area contributed by atoms with Gasteiger partial charge in [-0.15, -0.1) is 0 Å². The van der Waals surface area contributed by atoms with Crippen molar-refractivity contribution < 1.29 is 19.6 Å². The molecule has 0 radical (unpaired) electrons. The van der Waals surface area contributed by atoms with E-state index in [-0.39, 0.29) is 24.3 Å². The van der Waals surface area contributed by atoms with Gasteiger partial charge >= 0.3 is 6.03 Å². The molecule has 3 aromatic rings. The van der Waals surface area contributed by atoms with Crippen LogP contribution in [-0.4, -0.2) is 40.0 Å². The van der Waals surface area contributed by atoms with Gasteiger partial charge in [-0.25, -0.2) is 4.79 Å². The summed E-state index contributed by atoms with van der Waals surface area (Å²) in [5, 5.41) is 24.5. The first-order valence-corrected chi connectivity index (χ1v) is 12.1. The fourth-order valence-corrected chi connectivity index (χ4v) is 4.64. The van der Waals surface area contributed by atoms with Crippen LogP contribution in [0.3, 0.4) is 0 Å². The maximum atomic E-state index is 13.2. The summed E-state index contributed by atoms with van der Waals surface area (Å²) in [6, 6.07) is 17.8. The smallest absolute Gasteiger partial charge is 0.324 e. The van der Waals surface area contributed by atoms with Crippen molar-refractivity contribution in [3.05, 3.63) is 105 Å². The Kier molecular flexibility index (Phi) is 7.32. The topological polar surface area (TPSA) is 113 Å². The maximum absolute atomic E-state index is 13.2. The number of piperidine rings is 1. The maximum Gasteiger partial charge on any atom is 0.324 e. The number of hydrogen-bond donors (Lipinski definition) is 2. The molecule has 3 amide bonds. The van der Waals surface area contributed by atoms with Crippen LogP contribution >= 0.6 is 15.9 Å². The number of non-ortho nitro benzene ring substituents is 1. The second-order valence-electron chi connectivity index (χ2n) is 8.56. The molecular formula is C27H24BrN3O5. The predicted octanol–water partition coefficient (Wildman–Crippen LogP) is 5.50. The van der Waals surface area contributed by atoms with Gasteiger partial charge in [-0.05, 0) is 59.9 Å². The molecule has 2 N–H and O–H groups in total. The molecule has 1 aliphatic rings. The van der Waals surface area contributed by atoms with E-state index >= 15 is 0 Å². The molecule has 0 atom stereocenters. The summed E-state index contributed by atoms with van der Waals surface area (Å²) in [6.07, 6.45) is 2.27. The number of hydrogen-bond acceptors (Lipinski definition) is 5. The Hall–Kier alpha value is -3.82. The zero-order valence-electron chi connectivity index (χ0n) is 19.3. The number of amides is 3. The van der Waals surface area contributed by atoms with Crippen molar-refractivity contribution in [1.29, 1.82) is 0 Å². The van der Waals surface area contributed by atoms with Crippen molar-refractivity contribution in [2.24, 2.45) is 0 Å². The van der Waals surface area contributed by atoms with Crippen molar-refractivity contribution in [1.82, 2.24) is 10.2 Å². The number of nitrogens with zero attached hydrogens (tertiary/aromatic N) is 2. The third-order valence-corrected chi connectivity index (χ3v) is 6.94. The molecule has 3 aromatic carbocycles. The number of nitro benzene ring substituents is 1. The second kappa shape index (κ2) is 10.4. The molecule has 0 aliphatic carbocycles. The van der Waals surface area contributed by atoms with Gasteiger partial charge in [-0.2, -0.15) is 0 Å². The molecule has 0 unspecified atom stereocenters. The summed E-state index contributed by atoms with van der Waals surface area (Å²) < 4.78 is 0.916. The number of likely N-dealkylation sites (tertiary alicyclic amines) is 1. The molecule has 0 bridgehead atoms. The number of carbonyl (C=O) groups excluding carboxylic acids is 2. The first kappa shape index (κ1) is 25.3. The number of nitro groups is 1. The van der Waals surface area contributed by atoms with Crippen LogP contribution in [0.15, 0.2) is 77.8 Å². The van der Waals surface area contributed by atoms with Crippen LogP contribution in [0.2, 0.25) is 0 Å². The average molecular weight is 550 g/mol. The largest absolute Gasteiger partial charge is 0.385 e. The summed E-state index contributed by atoms with van der Waals surface area (Å²) in [6.45, 7) is 4.37. The highest BCUT2D eigenvalue weighted by Crippen LogP contribution is 2.34. The van der Waals surface area contributed by atoms with Gasteiger partial charge in [-0.1, -0.05) is 52.9 Å². The molecule has 0 aromatic heterocycles. The fourth-order valence-electron chi connectivity index (χ4n) is 4.37. The zero-order chi connectivity index (χ0) is 25.9. The standard InChI is InChI=1S/C27H24BrN3O5/c1-2-18-4-3-5-23(24(18)19-6-12-22(13-7-19)31(35)36)25(32)29-26(33)30-16-14-27(34,15-17-30)20-8-10-21(28)11-9-20/h2-13,34H,1,14-17H2,(H,29,32,33). The predicted molar refractivity (Wildman–Crippen MR) is 140 cm³/mol. The van der Waals surface area contributed by atoms with Crippen molar-refractivity contribution in [2.45, 2.75) is 18.4 Å². The highest BCUT2D eigenvalue weighted by molar-refractivity contribution is 9.10. The molecule has 1 fully saturated rings. The number of urea groups is 1. The van der Waals surface area contributed by atoms with Gasteiger partial charge in [0.2, 0.25) is 0 Å². The highest BCUT2D eigenvalue weighted by atomic mass is 79.9. The Balaban J connectivity index is 1.50. The monoisotopic (exact) mass is 549 g/mol. The number of carbonyl (C=O) groups is 2. The number of benzene rings is 3. The van der Waals surface area contributed by atoms with E-state index in [0.29, 0.717) is 29.5 Å². The lowest BCUT2D eigenvalue weighted by Crippen LogP contribution is -2.50. The van der Waals surface area contributed by atoms with E-state index < -0.39 is 22.5 Å². The third-order valence-electron chi connectivity index (χ3n) is 6.41. The SMILES string of the molecule is C=Cc1cccc(C(=O)NC(=O)N2CCC(O)(c3ccc(Br)cc3)CC2)c1-c1ccc([N+](=O)[O-])cc1. The van der Waals surface area contributed by atoms with Crippen molar-refractivity contribution in [2.75, 3.05) is 13.1 Å². The zero-order valence-corrected chi connectivity index (χ0v) is 20.9. The van der Waals surface area contributed by atoms with Gasteiger partial charge in [-0.3, -0.25) is 20.2 Å². The molecular weight excluding hydrogens is 526 g/mol. The minimum atomic E-state index is -1.04. The van der Waals surface area contributed by atoms with E-state index in [1.54, 1.807) is 36.4 Å². The Labute approximate surface area is 216 Å². The average Bonchev–Trinajstić information content (AvgIpc) is 2.88. The molecule has 8 nitrogen and oxygen atoms in total. The number of rotatable bonds is 5. The van der Waals surface area contributed by atoms with Gasteiger partial charge in [0.15, 0.2) is 0 Å². The Morgan fingerprint density at radius 1 is 1.06 bits per heavy atom. The number of halogens is 1. The van der Waals surface area contributed by atoms with Crippen molar-refractivity contribution in [3.63, 3.8) is 0 Å². The van der Waals surface area contributed by atoms with Crippen molar-refractivity contribution in [3.8, 4) is 11.1 Å². The molecule has 1 heterocycles. The van der Waals surface area contributed by atoms with E-state index in [9.17, 15) is 24.8 Å². The number of aliphatic hydroxyl groups is 1.